The summed E-state index contributed by atoms with van der Waals surface area (Å²) in [7, 11) is -0.705. The average Bonchev–Trinajstić information content (AvgIpc) is 2.34. The molecule has 1 saturated heterocycles. The predicted molar refractivity (Wildman–Crippen MR) is 71.3 cm³/mol. The number of hydrogen-bond acceptors (Lipinski definition) is 4. The van der Waals surface area contributed by atoms with Crippen molar-refractivity contribution in [2.45, 2.75) is 6.54 Å². The second-order valence-electron chi connectivity index (χ2n) is 4.17. The van der Waals surface area contributed by atoms with E-state index in [-0.39, 0.29) is 10.7 Å². The van der Waals surface area contributed by atoms with Gasteiger partial charge < -0.3 is 0 Å². The smallest absolute Gasteiger partial charge is 0.288 e. The summed E-state index contributed by atoms with van der Waals surface area (Å²) < 4.78 is 11.2. The Hall–Kier alpha value is -0.980. The van der Waals surface area contributed by atoms with E-state index in [0.29, 0.717) is 18.1 Å². The van der Waals surface area contributed by atoms with Crippen molar-refractivity contribution in [1.29, 1.82) is 0 Å². The number of rotatable bonds is 3. The second-order valence-corrected chi connectivity index (χ2v) is 6.27. The van der Waals surface area contributed by atoms with Gasteiger partial charge in [-0.2, -0.15) is 0 Å². The molecule has 1 aliphatic heterocycles. The van der Waals surface area contributed by atoms with Crippen molar-refractivity contribution in [3.05, 3.63) is 38.9 Å². The molecule has 5 nitrogen and oxygen atoms in total. The Labute approximate surface area is 112 Å². The topological polar surface area (TPSA) is 63.5 Å². The molecule has 2 rings (SSSR count). The lowest BCUT2D eigenvalue weighted by Crippen LogP contribution is -2.37. The van der Waals surface area contributed by atoms with Crippen molar-refractivity contribution in [3.8, 4) is 0 Å². The molecule has 0 N–H and O–H groups in total. The van der Waals surface area contributed by atoms with E-state index in [0.717, 1.165) is 18.7 Å². The molecule has 0 unspecified atom stereocenters. The molecular weight excluding hydrogens is 276 g/mol. The normalized spacial score (nSPS) is 17.8. The molecule has 1 aromatic carbocycles. The minimum atomic E-state index is -0.705. The van der Waals surface area contributed by atoms with Crippen LogP contribution >= 0.6 is 11.6 Å². The molecule has 0 bridgehead atoms. The largest absolute Gasteiger partial charge is 0.297 e. The third kappa shape index (κ3) is 3.28. The third-order valence-corrected chi connectivity index (χ3v) is 4.48. The Morgan fingerprint density at radius 2 is 2.06 bits per heavy atom. The van der Waals surface area contributed by atoms with Crippen LogP contribution in [0.25, 0.3) is 0 Å². The molecule has 18 heavy (non-hydrogen) atoms. The maximum atomic E-state index is 11.2. The lowest BCUT2D eigenvalue weighted by Gasteiger charge is -2.25. The van der Waals surface area contributed by atoms with Gasteiger partial charge in [-0.1, -0.05) is 17.7 Å². The van der Waals surface area contributed by atoms with Gasteiger partial charge in [0.2, 0.25) is 0 Å². The van der Waals surface area contributed by atoms with E-state index in [4.69, 9.17) is 11.6 Å². The summed E-state index contributed by atoms with van der Waals surface area (Å²) in [4.78, 5) is 12.4. The van der Waals surface area contributed by atoms with Crippen LogP contribution in [0, 0.1) is 10.1 Å². The number of nitro benzene ring substituents is 1. The van der Waals surface area contributed by atoms with Crippen molar-refractivity contribution in [3.63, 3.8) is 0 Å². The van der Waals surface area contributed by atoms with Crippen molar-refractivity contribution in [2.24, 2.45) is 0 Å². The zero-order valence-corrected chi connectivity index (χ0v) is 11.2. The Morgan fingerprint density at radius 1 is 1.39 bits per heavy atom. The van der Waals surface area contributed by atoms with Gasteiger partial charge >= 0.3 is 0 Å². The van der Waals surface area contributed by atoms with E-state index in [9.17, 15) is 14.3 Å². The van der Waals surface area contributed by atoms with Crippen LogP contribution in [0.4, 0.5) is 5.69 Å². The van der Waals surface area contributed by atoms with Gasteiger partial charge in [0.25, 0.3) is 5.69 Å². The quantitative estimate of drug-likeness (QED) is 0.628. The van der Waals surface area contributed by atoms with Crippen LogP contribution in [-0.4, -0.2) is 38.6 Å². The molecule has 0 aromatic heterocycles. The van der Waals surface area contributed by atoms with Crippen LogP contribution in [0.5, 0.6) is 0 Å². The van der Waals surface area contributed by atoms with E-state index in [1.165, 1.54) is 6.07 Å². The molecule has 0 spiro atoms. The molecule has 7 heteroatoms. The highest BCUT2D eigenvalue weighted by Crippen LogP contribution is 2.25. The highest BCUT2D eigenvalue weighted by atomic mass is 35.5. The monoisotopic (exact) mass is 288 g/mol. The first-order valence-corrected chi connectivity index (χ1v) is 7.43. The molecule has 0 saturated carbocycles. The Morgan fingerprint density at radius 3 is 2.67 bits per heavy atom. The number of halogens is 1. The van der Waals surface area contributed by atoms with Gasteiger partial charge in [-0.25, -0.2) is 0 Å². The van der Waals surface area contributed by atoms with Gasteiger partial charge in [0.05, 0.1) is 4.92 Å². The van der Waals surface area contributed by atoms with Gasteiger partial charge in [-0.15, -0.1) is 0 Å². The van der Waals surface area contributed by atoms with Gasteiger partial charge in [0, 0.05) is 48.0 Å². The van der Waals surface area contributed by atoms with Crippen LogP contribution in [-0.2, 0) is 17.3 Å². The van der Waals surface area contributed by atoms with Crippen LogP contribution in [0.2, 0.25) is 5.02 Å². The summed E-state index contributed by atoms with van der Waals surface area (Å²) in [5, 5.41) is 10.9. The minimum absolute atomic E-state index is 0.0604. The van der Waals surface area contributed by atoms with Gasteiger partial charge in [-0.05, 0) is 11.6 Å². The number of hydrogen-bond donors (Lipinski definition) is 0. The molecular formula is C11H13ClN2O3S. The number of benzene rings is 1. The van der Waals surface area contributed by atoms with Crippen LogP contribution < -0.4 is 0 Å². The van der Waals surface area contributed by atoms with Crippen LogP contribution in [0.15, 0.2) is 18.2 Å². The van der Waals surface area contributed by atoms with Gasteiger partial charge in [0.15, 0.2) is 0 Å². The molecule has 0 radical (unpaired) electrons. The first kappa shape index (κ1) is 13.5. The maximum absolute atomic E-state index is 11.2. The fraction of sp³-hybridized carbons (Fsp3) is 0.455. The maximum Gasteiger partial charge on any atom is 0.288 e. The van der Waals surface area contributed by atoms with Crippen molar-refractivity contribution in [2.75, 3.05) is 24.6 Å². The van der Waals surface area contributed by atoms with Crippen molar-refractivity contribution in [1.82, 2.24) is 4.90 Å². The highest BCUT2D eigenvalue weighted by molar-refractivity contribution is 7.85. The lowest BCUT2D eigenvalue weighted by atomic mass is 10.2. The summed E-state index contributed by atoms with van der Waals surface area (Å²) in [6.45, 7) is 2.17. The Balaban J connectivity index is 2.07. The SMILES string of the molecule is O=[N+]([O-])c1cc(CN2CCS(=O)CC2)ccc1Cl. The fourth-order valence-electron chi connectivity index (χ4n) is 1.89. The standard InChI is InChI=1S/C11H13ClN2O3S/c12-10-2-1-9(7-11(10)14(15)16)8-13-3-5-18(17)6-4-13/h1-2,7H,3-6,8H2. The molecule has 0 atom stereocenters. The average molecular weight is 289 g/mol. The van der Waals surface area contributed by atoms with E-state index in [1.807, 2.05) is 0 Å². The third-order valence-electron chi connectivity index (χ3n) is 2.88. The second kappa shape index (κ2) is 5.77. The van der Waals surface area contributed by atoms with Crippen molar-refractivity contribution < 1.29 is 9.13 Å². The molecule has 1 fully saturated rings. The van der Waals surface area contributed by atoms with E-state index >= 15 is 0 Å². The first-order chi connectivity index (χ1) is 8.56. The predicted octanol–water partition coefficient (Wildman–Crippen LogP) is 1.81. The summed E-state index contributed by atoms with van der Waals surface area (Å²) in [5.41, 5.74) is 0.800. The fourth-order valence-corrected chi connectivity index (χ4v) is 3.20. The molecule has 1 aliphatic rings. The summed E-state index contributed by atoms with van der Waals surface area (Å²) >= 11 is 5.76. The number of nitro groups is 1. The van der Waals surface area contributed by atoms with Crippen LogP contribution in [0.3, 0.4) is 0 Å². The highest BCUT2D eigenvalue weighted by Gasteiger charge is 2.17. The first-order valence-electron chi connectivity index (χ1n) is 5.56. The van der Waals surface area contributed by atoms with Gasteiger partial charge in [-0.3, -0.25) is 19.2 Å². The Kier molecular flexibility index (Phi) is 4.31. The van der Waals surface area contributed by atoms with Gasteiger partial charge in [0.1, 0.15) is 5.02 Å². The molecule has 98 valence electrons. The number of nitrogens with zero attached hydrogens (tertiary/aromatic N) is 2. The minimum Gasteiger partial charge on any atom is -0.297 e. The zero-order chi connectivity index (χ0) is 13.1. The molecule has 1 aromatic rings. The van der Waals surface area contributed by atoms with Crippen LogP contribution in [0.1, 0.15) is 5.56 Å². The van der Waals surface area contributed by atoms with E-state index in [1.54, 1.807) is 12.1 Å². The Bertz CT molecular complexity index is 485. The van der Waals surface area contributed by atoms with E-state index < -0.39 is 15.7 Å². The summed E-state index contributed by atoms with van der Waals surface area (Å²) in [5.74, 6) is 1.35. The molecule has 0 amide bonds. The molecule has 0 aliphatic carbocycles. The molecule has 1 heterocycles. The van der Waals surface area contributed by atoms with Crippen molar-refractivity contribution >= 4 is 28.1 Å². The summed E-state index contributed by atoms with van der Waals surface area (Å²) in [6.07, 6.45) is 0. The van der Waals surface area contributed by atoms with E-state index in [2.05, 4.69) is 4.90 Å². The lowest BCUT2D eigenvalue weighted by molar-refractivity contribution is -0.384. The zero-order valence-electron chi connectivity index (χ0n) is 9.67. The summed E-state index contributed by atoms with van der Waals surface area (Å²) in [6, 6.07) is 4.85.